The lowest BCUT2D eigenvalue weighted by Gasteiger charge is -2.22. The zero-order valence-corrected chi connectivity index (χ0v) is 22.4. The van der Waals surface area contributed by atoms with Crippen molar-refractivity contribution in [2.75, 3.05) is 7.11 Å². The van der Waals surface area contributed by atoms with E-state index in [9.17, 15) is 9.59 Å². The van der Waals surface area contributed by atoms with Crippen LogP contribution in [0.1, 0.15) is 48.0 Å². The smallest absolute Gasteiger partial charge is 0.338 e. The second kappa shape index (κ2) is 14.4. The quantitative estimate of drug-likeness (QED) is 0.174. The summed E-state index contributed by atoms with van der Waals surface area (Å²) in [6.45, 7) is 0.450. The number of carbonyl (C=O) groups is 2. The van der Waals surface area contributed by atoms with Gasteiger partial charge in [0.2, 0.25) is 0 Å². The third kappa shape index (κ3) is 8.12. The summed E-state index contributed by atoms with van der Waals surface area (Å²) < 4.78 is 16.9. The summed E-state index contributed by atoms with van der Waals surface area (Å²) >= 11 is 0. The molecule has 0 heterocycles. The predicted molar refractivity (Wildman–Crippen MR) is 152 cm³/mol. The van der Waals surface area contributed by atoms with Crippen molar-refractivity contribution < 1.29 is 23.8 Å². The molecule has 4 atom stereocenters. The summed E-state index contributed by atoms with van der Waals surface area (Å²) in [5.41, 5.74) is 10.6. The van der Waals surface area contributed by atoms with Crippen molar-refractivity contribution in [2.24, 2.45) is 11.7 Å². The molecule has 0 spiro atoms. The van der Waals surface area contributed by atoms with Crippen LogP contribution in [0.5, 0.6) is 0 Å². The Morgan fingerprint density at radius 2 is 1.54 bits per heavy atom. The molecule has 0 bridgehead atoms. The number of unbranched alkanes of at least 4 members (excludes halogenated alkanes) is 1. The van der Waals surface area contributed by atoms with Crippen LogP contribution in [0.15, 0.2) is 97.1 Å². The van der Waals surface area contributed by atoms with E-state index in [1.807, 2.05) is 36.4 Å². The van der Waals surface area contributed by atoms with Crippen molar-refractivity contribution >= 4 is 11.9 Å². The Morgan fingerprint density at radius 1 is 0.872 bits per heavy atom. The van der Waals surface area contributed by atoms with E-state index in [1.165, 1.54) is 12.7 Å². The van der Waals surface area contributed by atoms with Crippen molar-refractivity contribution in [3.8, 4) is 11.1 Å². The minimum atomic E-state index is -0.430. The van der Waals surface area contributed by atoms with Gasteiger partial charge >= 0.3 is 11.9 Å². The van der Waals surface area contributed by atoms with Crippen molar-refractivity contribution in [2.45, 2.75) is 57.0 Å². The normalized spacial score (nSPS) is 20.7. The third-order valence-electron chi connectivity index (χ3n) is 7.21. The number of hydrogen-bond acceptors (Lipinski definition) is 6. The Balaban J connectivity index is 1.38. The SMILES string of the molecule is COC(=O)CCC/C=C\C[C@@H]1C(N)[C@H](OC(=O)c2ccccc2)C[C@@H]1OCc1ccc(-c2ccccc2)cc1. The first-order valence-electron chi connectivity index (χ1n) is 13.5. The molecule has 1 aliphatic carbocycles. The summed E-state index contributed by atoms with van der Waals surface area (Å²) in [5.74, 6) is -0.570. The summed E-state index contributed by atoms with van der Waals surface area (Å²) in [4.78, 5) is 24.1. The molecule has 39 heavy (non-hydrogen) atoms. The van der Waals surface area contributed by atoms with Gasteiger partial charge < -0.3 is 19.9 Å². The standard InChI is InChI=1S/C33H37NO5/c1-37-31(35)17-11-3-2-10-16-28-29(22-30(32(28)34)39-33(36)27-14-8-5-9-15-27)38-23-24-18-20-26(21-19-24)25-12-6-4-7-13-25/h2,4-10,12-15,18-21,28-30,32H,3,11,16-17,22-23,34H2,1H3/b10-2-/t28-,29-,30+,32?/m0/s1. The number of methoxy groups -OCH3 is 1. The van der Waals surface area contributed by atoms with Crippen LogP contribution >= 0.6 is 0 Å². The Kier molecular flexibility index (Phi) is 10.5. The topological polar surface area (TPSA) is 87.9 Å². The second-order valence-corrected chi connectivity index (χ2v) is 9.87. The Hall–Kier alpha value is -3.74. The number of rotatable bonds is 12. The average Bonchev–Trinajstić information content (AvgIpc) is 3.28. The van der Waals surface area contributed by atoms with E-state index in [0.717, 1.165) is 24.0 Å². The van der Waals surface area contributed by atoms with Crippen LogP contribution in [0.2, 0.25) is 0 Å². The fourth-order valence-electron chi connectivity index (χ4n) is 4.96. The summed E-state index contributed by atoms with van der Waals surface area (Å²) in [5, 5.41) is 0. The molecule has 3 aromatic carbocycles. The van der Waals surface area contributed by atoms with E-state index in [1.54, 1.807) is 12.1 Å². The van der Waals surface area contributed by atoms with Crippen molar-refractivity contribution in [3.63, 3.8) is 0 Å². The molecule has 2 N–H and O–H groups in total. The predicted octanol–water partition coefficient (Wildman–Crippen LogP) is 6.10. The minimum absolute atomic E-state index is 0.000905. The molecular formula is C33H37NO5. The minimum Gasteiger partial charge on any atom is -0.469 e. The van der Waals surface area contributed by atoms with E-state index in [-0.39, 0.29) is 30.0 Å². The molecule has 0 aromatic heterocycles. The first-order valence-corrected chi connectivity index (χ1v) is 13.5. The Morgan fingerprint density at radius 3 is 2.23 bits per heavy atom. The highest BCUT2D eigenvalue weighted by molar-refractivity contribution is 5.89. The van der Waals surface area contributed by atoms with Gasteiger partial charge in [0.05, 0.1) is 25.4 Å². The van der Waals surface area contributed by atoms with Gasteiger partial charge in [0.1, 0.15) is 6.10 Å². The maximum absolute atomic E-state index is 12.7. The van der Waals surface area contributed by atoms with Crippen LogP contribution < -0.4 is 5.73 Å². The fraction of sp³-hybridized carbons (Fsp3) is 0.333. The van der Waals surface area contributed by atoms with E-state index in [0.29, 0.717) is 31.4 Å². The summed E-state index contributed by atoms with van der Waals surface area (Å²) in [6.07, 6.45) is 6.74. The number of hydrogen-bond donors (Lipinski definition) is 1. The Labute approximate surface area is 230 Å². The van der Waals surface area contributed by atoms with Crippen LogP contribution in [0, 0.1) is 5.92 Å². The van der Waals surface area contributed by atoms with Crippen molar-refractivity contribution in [1.82, 2.24) is 0 Å². The van der Waals surface area contributed by atoms with E-state index in [2.05, 4.69) is 48.6 Å². The van der Waals surface area contributed by atoms with Gasteiger partial charge in [-0.2, -0.15) is 0 Å². The third-order valence-corrected chi connectivity index (χ3v) is 7.21. The van der Waals surface area contributed by atoms with Gasteiger partial charge in [-0.1, -0.05) is 84.9 Å². The molecule has 0 radical (unpaired) electrons. The van der Waals surface area contributed by atoms with Crippen LogP contribution in [-0.4, -0.2) is 37.3 Å². The molecule has 1 aliphatic rings. The van der Waals surface area contributed by atoms with E-state index < -0.39 is 6.10 Å². The molecule has 1 fully saturated rings. The number of ether oxygens (including phenoxy) is 3. The first-order chi connectivity index (χ1) is 19.0. The number of esters is 2. The lowest BCUT2D eigenvalue weighted by atomic mass is 9.97. The highest BCUT2D eigenvalue weighted by Gasteiger charge is 2.43. The van der Waals surface area contributed by atoms with Crippen molar-refractivity contribution in [3.05, 3.63) is 108 Å². The lowest BCUT2D eigenvalue weighted by Crippen LogP contribution is -2.38. The molecule has 0 saturated heterocycles. The Bertz CT molecular complexity index is 1210. The van der Waals surface area contributed by atoms with Gasteiger partial charge in [-0.25, -0.2) is 4.79 Å². The van der Waals surface area contributed by atoms with Gasteiger partial charge in [-0.15, -0.1) is 0 Å². The number of carbonyl (C=O) groups excluding carboxylic acids is 2. The maximum Gasteiger partial charge on any atom is 0.338 e. The maximum atomic E-state index is 12.7. The molecular weight excluding hydrogens is 490 g/mol. The highest BCUT2D eigenvalue weighted by Crippen LogP contribution is 2.34. The number of benzene rings is 3. The summed E-state index contributed by atoms with van der Waals surface area (Å²) in [7, 11) is 1.40. The summed E-state index contributed by atoms with van der Waals surface area (Å²) in [6, 6.07) is 27.3. The van der Waals surface area contributed by atoms with Crippen LogP contribution in [0.3, 0.4) is 0 Å². The van der Waals surface area contributed by atoms with E-state index in [4.69, 9.17) is 19.9 Å². The zero-order valence-electron chi connectivity index (χ0n) is 22.4. The lowest BCUT2D eigenvalue weighted by molar-refractivity contribution is -0.140. The highest BCUT2D eigenvalue weighted by atomic mass is 16.5. The monoisotopic (exact) mass is 527 g/mol. The van der Waals surface area contributed by atoms with E-state index >= 15 is 0 Å². The molecule has 6 heteroatoms. The van der Waals surface area contributed by atoms with Crippen LogP contribution in [0.4, 0.5) is 0 Å². The number of nitrogens with two attached hydrogens (primary N) is 1. The number of allylic oxidation sites excluding steroid dienone is 2. The largest absolute Gasteiger partial charge is 0.469 e. The molecule has 4 rings (SSSR count). The molecule has 204 valence electrons. The molecule has 0 amide bonds. The van der Waals surface area contributed by atoms with Crippen LogP contribution in [-0.2, 0) is 25.6 Å². The van der Waals surface area contributed by atoms with Gasteiger partial charge in [-0.3, -0.25) is 4.79 Å². The molecule has 1 saturated carbocycles. The van der Waals surface area contributed by atoms with Gasteiger partial charge in [0.25, 0.3) is 0 Å². The van der Waals surface area contributed by atoms with Gasteiger partial charge in [0, 0.05) is 24.8 Å². The zero-order chi connectivity index (χ0) is 27.5. The van der Waals surface area contributed by atoms with Gasteiger partial charge in [0.15, 0.2) is 0 Å². The molecule has 6 nitrogen and oxygen atoms in total. The van der Waals surface area contributed by atoms with Gasteiger partial charge in [-0.05, 0) is 48.1 Å². The van der Waals surface area contributed by atoms with Crippen molar-refractivity contribution in [1.29, 1.82) is 0 Å². The fourth-order valence-corrected chi connectivity index (χ4v) is 4.96. The second-order valence-electron chi connectivity index (χ2n) is 9.87. The molecule has 3 aromatic rings. The first kappa shape index (κ1) is 28.3. The molecule has 1 unspecified atom stereocenters. The van der Waals surface area contributed by atoms with Crippen LogP contribution in [0.25, 0.3) is 11.1 Å². The average molecular weight is 528 g/mol. The molecule has 0 aliphatic heterocycles.